The van der Waals surface area contributed by atoms with Crippen LogP contribution in [-0.4, -0.2) is 135 Å². The molecule has 21 nitrogen and oxygen atoms in total. The Morgan fingerprint density at radius 1 is 0.738 bits per heavy atom. The van der Waals surface area contributed by atoms with Crippen molar-refractivity contribution in [3.63, 3.8) is 0 Å². The van der Waals surface area contributed by atoms with Gasteiger partial charge in [0, 0.05) is 77.9 Å². The van der Waals surface area contributed by atoms with Crippen molar-refractivity contribution >= 4 is 75.1 Å². The molecular formula is C62H71N5O16S. The summed E-state index contributed by atoms with van der Waals surface area (Å²) in [5.74, 6) is -2.52. The van der Waals surface area contributed by atoms with Gasteiger partial charge < -0.3 is 69.2 Å². The first kappa shape index (κ1) is 63.1. The predicted molar refractivity (Wildman–Crippen MR) is 318 cm³/mol. The van der Waals surface area contributed by atoms with Gasteiger partial charge >= 0.3 is 11.9 Å². The second kappa shape index (κ2) is 30.2. The number of fused-ring (bicyclic) bond motifs is 2. The molecule has 1 fully saturated rings. The van der Waals surface area contributed by atoms with Gasteiger partial charge in [0.1, 0.15) is 29.2 Å². The second-order valence-electron chi connectivity index (χ2n) is 20.9. The molecule has 446 valence electrons. The van der Waals surface area contributed by atoms with Crippen LogP contribution in [0.1, 0.15) is 86.9 Å². The van der Waals surface area contributed by atoms with E-state index in [2.05, 4.69) is 21.3 Å². The summed E-state index contributed by atoms with van der Waals surface area (Å²) in [6.45, 7) is 7.53. The van der Waals surface area contributed by atoms with Gasteiger partial charge in [0.05, 0.1) is 59.4 Å². The number of hydrogen-bond donors (Lipinski definition) is 6. The standard InChI is InChI=1S/C62H71N5O16S/c1-62(2,3)57(72)58(73)67-26-7-6-11-48(67)60(76)83-49(20-12-38-13-21-50(77-4)53(33-38)78-5)39-9-8-10-40(34-39)65-55(71)23-22-54(70)63-24-27-79-29-31-81-32-30-80-28-25-64-61(84)66-41-14-17-44(47(35-41)59(74)75)56-45-18-15-42(68)36-51(45)82-52-37-43(69)16-19-46(52)56/h8-10,13-19,21,33-37,48-49,68H,6-7,11-12,20,22-32H2,1-5H3,(H,63,70)(H,65,71)(H,74,75)(H2,64,66,84). The first-order chi connectivity index (χ1) is 40.3. The highest BCUT2D eigenvalue weighted by Gasteiger charge is 2.40. The van der Waals surface area contributed by atoms with Crippen molar-refractivity contribution in [1.82, 2.24) is 15.5 Å². The third-order valence-electron chi connectivity index (χ3n) is 13.7. The van der Waals surface area contributed by atoms with E-state index in [4.69, 9.17) is 45.1 Å². The number of phenolic OH excluding ortho intramolecular Hbond substituents is 1. The van der Waals surface area contributed by atoms with E-state index >= 15 is 0 Å². The van der Waals surface area contributed by atoms with Crippen LogP contribution in [0, 0.1) is 5.41 Å². The molecule has 2 atom stereocenters. The molecule has 0 aromatic heterocycles. The number of aromatic hydroxyl groups is 1. The fourth-order valence-electron chi connectivity index (χ4n) is 9.46. The van der Waals surface area contributed by atoms with E-state index < -0.39 is 47.1 Å². The first-order valence-electron chi connectivity index (χ1n) is 27.6. The highest BCUT2D eigenvalue weighted by molar-refractivity contribution is 7.80. The van der Waals surface area contributed by atoms with Crippen molar-refractivity contribution in [3.05, 3.63) is 124 Å². The number of carbonyl (C=O) groups is 6. The highest BCUT2D eigenvalue weighted by Crippen LogP contribution is 2.43. The zero-order valence-corrected chi connectivity index (χ0v) is 48.5. The number of ether oxygens (including phenoxy) is 6. The number of carbonyl (C=O) groups excluding carboxylic acids is 5. The number of esters is 1. The number of ketones is 1. The van der Waals surface area contributed by atoms with E-state index in [0.29, 0.717) is 116 Å². The van der Waals surface area contributed by atoms with E-state index in [1.54, 1.807) is 89.6 Å². The van der Waals surface area contributed by atoms with Gasteiger partial charge in [-0.25, -0.2) is 9.59 Å². The van der Waals surface area contributed by atoms with Crippen molar-refractivity contribution in [2.75, 3.05) is 84.1 Å². The number of aromatic carboxylic acids is 1. The van der Waals surface area contributed by atoms with Crippen LogP contribution >= 0.6 is 12.2 Å². The Kier molecular flexibility index (Phi) is 22.7. The predicted octanol–water partition coefficient (Wildman–Crippen LogP) is 8.07. The van der Waals surface area contributed by atoms with Crippen LogP contribution in [0.5, 0.6) is 17.2 Å². The van der Waals surface area contributed by atoms with Crippen LogP contribution in [0.4, 0.5) is 11.4 Å². The molecule has 0 radical (unpaired) electrons. The fraction of sp³-hybridized carbons (Fsp3) is 0.387. The first-order valence-corrected chi connectivity index (χ1v) is 28.0. The number of hydrogen-bond acceptors (Lipinski definition) is 16. The summed E-state index contributed by atoms with van der Waals surface area (Å²) >= 11 is 5.44. The van der Waals surface area contributed by atoms with Gasteiger partial charge in [-0.2, -0.15) is 0 Å². The summed E-state index contributed by atoms with van der Waals surface area (Å²) in [5.41, 5.74) is 2.82. The van der Waals surface area contributed by atoms with Gasteiger partial charge in [-0.05, 0) is 122 Å². The number of phenols is 1. The number of rotatable bonds is 28. The van der Waals surface area contributed by atoms with E-state index in [0.717, 1.165) is 5.56 Å². The maximum atomic E-state index is 14.0. The van der Waals surface area contributed by atoms with Crippen LogP contribution in [0.15, 0.2) is 106 Å². The number of Topliss-reactive ketones (excluding diaryl/α,β-unsaturated/α-hetero) is 1. The van der Waals surface area contributed by atoms with E-state index in [1.807, 2.05) is 12.1 Å². The van der Waals surface area contributed by atoms with E-state index in [-0.39, 0.29) is 78.2 Å². The molecule has 22 heteroatoms. The van der Waals surface area contributed by atoms with Gasteiger partial charge in [0.2, 0.25) is 17.6 Å². The third kappa shape index (κ3) is 17.5. The Hall–Kier alpha value is -8.44. The van der Waals surface area contributed by atoms with Crippen LogP contribution in [0.2, 0.25) is 0 Å². The van der Waals surface area contributed by atoms with Gasteiger partial charge in [-0.1, -0.05) is 45.0 Å². The number of likely N-dealkylation sites (tertiary alicyclic amines) is 1. The molecule has 0 spiro atoms. The minimum Gasteiger partial charge on any atom is -0.508 e. The van der Waals surface area contributed by atoms with Crippen molar-refractivity contribution in [1.29, 1.82) is 0 Å². The highest BCUT2D eigenvalue weighted by atomic mass is 32.1. The Morgan fingerprint density at radius 2 is 1.43 bits per heavy atom. The number of benzene rings is 5. The quantitative estimate of drug-likeness (QED) is 0.00890. The fourth-order valence-corrected chi connectivity index (χ4v) is 9.68. The average molecular weight is 1170 g/mol. The van der Waals surface area contributed by atoms with Gasteiger partial charge in [-0.15, -0.1) is 0 Å². The van der Waals surface area contributed by atoms with Crippen LogP contribution < -0.4 is 36.2 Å². The van der Waals surface area contributed by atoms with Gasteiger partial charge in [0.25, 0.3) is 5.91 Å². The van der Waals surface area contributed by atoms with Crippen molar-refractivity contribution < 1.29 is 71.8 Å². The average Bonchev–Trinajstić information content (AvgIpc) is 3.60. The molecular weight excluding hydrogens is 1100 g/mol. The van der Waals surface area contributed by atoms with Crippen LogP contribution in [0.3, 0.4) is 0 Å². The molecule has 4 aromatic carbocycles. The molecule has 3 aliphatic rings. The van der Waals surface area contributed by atoms with Crippen LogP contribution in [-0.2, 0) is 49.3 Å². The Labute approximate surface area is 491 Å². The number of methoxy groups -OCH3 is 2. The topological polar surface area (TPSA) is 280 Å². The zero-order valence-electron chi connectivity index (χ0n) is 47.7. The van der Waals surface area contributed by atoms with Crippen molar-refractivity contribution in [2.45, 2.75) is 77.9 Å². The molecule has 84 heavy (non-hydrogen) atoms. The minimum absolute atomic E-state index is 0.0268. The third-order valence-corrected chi connectivity index (χ3v) is 14.0. The monoisotopic (exact) mass is 1170 g/mol. The Morgan fingerprint density at radius 3 is 2.14 bits per heavy atom. The maximum Gasteiger partial charge on any atom is 0.336 e. The molecule has 1 aliphatic carbocycles. The lowest BCUT2D eigenvalue weighted by atomic mass is 9.89. The molecule has 0 saturated carbocycles. The SMILES string of the molecule is COc1ccc(CCC(OC(=O)C2CCCCN2C(=O)C(=O)C(C)(C)C)c2cccc(NC(=O)CCC(=O)NCCOCCOCCOCCNC(=S)Nc3ccc(-c4c5ccc(=O)cc-5oc5cc(O)ccc45)c(C(=O)O)c3)c2)cc1OC. The largest absolute Gasteiger partial charge is 0.508 e. The van der Waals surface area contributed by atoms with Gasteiger partial charge in [-0.3, -0.25) is 24.0 Å². The Bertz CT molecular complexity index is 3360. The molecule has 7 rings (SSSR count). The lowest BCUT2D eigenvalue weighted by Crippen LogP contribution is -2.53. The summed E-state index contributed by atoms with van der Waals surface area (Å²) in [7, 11) is 3.09. The second-order valence-corrected chi connectivity index (χ2v) is 21.3. The lowest BCUT2D eigenvalue weighted by Gasteiger charge is -2.35. The van der Waals surface area contributed by atoms with E-state index in [1.165, 1.54) is 35.2 Å². The number of piperidine rings is 1. The van der Waals surface area contributed by atoms with E-state index in [9.17, 15) is 43.8 Å². The molecule has 3 amide bonds. The summed E-state index contributed by atoms with van der Waals surface area (Å²) in [6.07, 6.45) is 1.51. The zero-order chi connectivity index (χ0) is 60.3. The van der Waals surface area contributed by atoms with Crippen LogP contribution in [0.25, 0.3) is 33.4 Å². The van der Waals surface area contributed by atoms with Crippen molar-refractivity contribution in [2.24, 2.45) is 5.41 Å². The molecule has 4 aromatic rings. The van der Waals surface area contributed by atoms with Gasteiger partial charge in [0.15, 0.2) is 22.0 Å². The normalized spacial score (nSPS) is 13.6. The molecule has 2 unspecified atom stereocenters. The molecule has 2 aliphatic heterocycles. The molecule has 6 N–H and O–H groups in total. The summed E-state index contributed by atoms with van der Waals surface area (Å²) in [5, 5.41) is 32.8. The smallest absolute Gasteiger partial charge is 0.336 e. The number of carboxylic acids is 1. The summed E-state index contributed by atoms with van der Waals surface area (Å²) < 4.78 is 39.8. The number of aryl methyl sites for hydroxylation is 1. The van der Waals surface area contributed by atoms with Crippen molar-refractivity contribution in [3.8, 4) is 39.7 Å². The number of carboxylic acid groups (broad SMARTS) is 1. The number of anilines is 2. The minimum atomic E-state index is -1.19. The Balaban J connectivity index is 0.779. The number of nitrogens with zero attached hydrogens (tertiary/aromatic N) is 1. The molecule has 1 saturated heterocycles. The summed E-state index contributed by atoms with van der Waals surface area (Å²) in [4.78, 5) is 92.2. The number of amides is 3. The summed E-state index contributed by atoms with van der Waals surface area (Å²) in [6, 6.07) is 25.1. The maximum absolute atomic E-state index is 14.0. The number of thiocarbonyl (C=S) groups is 1. The lowest BCUT2D eigenvalue weighted by molar-refractivity contribution is -0.164. The number of nitrogens with one attached hydrogen (secondary N) is 4. The molecule has 0 bridgehead atoms. The molecule has 2 heterocycles.